The Kier molecular flexibility index (Phi) is 6.58. The van der Waals surface area contributed by atoms with Gasteiger partial charge in [0.15, 0.2) is 17.5 Å². The summed E-state index contributed by atoms with van der Waals surface area (Å²) in [4.78, 5) is 12.9. The number of pyridine rings is 1. The summed E-state index contributed by atoms with van der Waals surface area (Å²) < 4.78 is 22.0. The van der Waals surface area contributed by atoms with E-state index >= 15 is 0 Å². The topological polar surface area (TPSA) is 128 Å². The van der Waals surface area contributed by atoms with Crippen LogP contribution in [-0.2, 0) is 0 Å². The van der Waals surface area contributed by atoms with E-state index in [2.05, 4.69) is 74.1 Å². The highest BCUT2D eigenvalue weighted by atomic mass is 19.1. The third-order valence-corrected chi connectivity index (χ3v) is 5.56. The summed E-state index contributed by atoms with van der Waals surface area (Å²) in [6.07, 6.45) is 4.33. The average molecular weight is 485 g/mol. The summed E-state index contributed by atoms with van der Waals surface area (Å²) >= 11 is 0. The summed E-state index contributed by atoms with van der Waals surface area (Å²) in [5.74, 6) is 0.855. The zero-order valence-corrected chi connectivity index (χ0v) is 21.2. The van der Waals surface area contributed by atoms with Crippen LogP contribution in [-0.4, -0.2) is 58.4 Å². The van der Waals surface area contributed by atoms with E-state index in [9.17, 15) is 4.39 Å². The van der Waals surface area contributed by atoms with Gasteiger partial charge in [0, 0.05) is 17.1 Å². The molecular weight excluding hydrogens is 451 g/mol. The first-order valence-electron chi connectivity index (χ1n) is 11.7. The van der Waals surface area contributed by atoms with Crippen molar-refractivity contribution >= 4 is 17.5 Å². The van der Waals surface area contributed by atoms with Crippen molar-refractivity contribution in [3.63, 3.8) is 0 Å². The first kappa shape index (κ1) is 24.7. The van der Waals surface area contributed by atoms with Crippen LogP contribution in [0.3, 0.4) is 0 Å². The van der Waals surface area contributed by atoms with Crippen molar-refractivity contribution in [2.24, 2.45) is 0 Å². The van der Waals surface area contributed by atoms with Gasteiger partial charge in [0.25, 0.3) is 0 Å². The van der Waals surface area contributed by atoms with Gasteiger partial charge >= 0.3 is 0 Å². The van der Waals surface area contributed by atoms with Gasteiger partial charge in [-0.15, -0.1) is 5.10 Å². The Morgan fingerprint density at radius 2 is 1.86 bits per heavy atom. The number of hydrogen-bond donors (Lipinski definition) is 3. The van der Waals surface area contributed by atoms with Crippen LogP contribution in [0.15, 0.2) is 18.5 Å². The van der Waals surface area contributed by atoms with Gasteiger partial charge < -0.3 is 20.7 Å². The lowest BCUT2D eigenvalue weighted by atomic mass is 9.79. The molecular formula is C23H33FN10O. The van der Waals surface area contributed by atoms with Gasteiger partial charge in [-0.05, 0) is 77.8 Å². The highest BCUT2D eigenvalue weighted by molar-refractivity contribution is 5.60. The molecule has 0 unspecified atom stereocenters. The van der Waals surface area contributed by atoms with Crippen molar-refractivity contribution in [1.29, 1.82) is 0 Å². The van der Waals surface area contributed by atoms with Crippen molar-refractivity contribution in [2.45, 2.75) is 84.5 Å². The number of nitrogens with zero attached hydrogens (tertiary/aromatic N) is 7. The number of hydrogen-bond acceptors (Lipinski definition) is 10. The molecule has 0 aliphatic carbocycles. The Hall–Kier alpha value is -3.41. The minimum Gasteiger partial charge on any atom is -0.473 e. The minimum absolute atomic E-state index is 0.0574. The maximum atomic E-state index is 14.6. The molecule has 0 spiro atoms. The summed E-state index contributed by atoms with van der Waals surface area (Å²) in [5, 5.41) is 21.7. The van der Waals surface area contributed by atoms with E-state index in [0.717, 1.165) is 19.0 Å². The first-order chi connectivity index (χ1) is 16.4. The molecule has 1 aliphatic heterocycles. The lowest BCUT2D eigenvalue weighted by molar-refractivity contribution is 0.170. The molecule has 1 saturated heterocycles. The number of nitrogens with one attached hydrogen (secondary N) is 3. The number of ether oxygens (including phenoxy) is 1. The molecule has 12 heteroatoms. The first-order valence-corrected chi connectivity index (χ1v) is 11.7. The smallest absolute Gasteiger partial charge is 0.240 e. The van der Waals surface area contributed by atoms with E-state index in [4.69, 9.17) is 4.74 Å². The highest BCUT2D eigenvalue weighted by Gasteiger charge is 2.38. The minimum atomic E-state index is -0.506. The zero-order chi connectivity index (χ0) is 25.4. The predicted octanol–water partition coefficient (Wildman–Crippen LogP) is 3.55. The molecule has 0 radical (unpaired) electrons. The SMILES string of the molecule is Cc1nnnn1-c1cc(Nc2ncc(F)c(NC3CC(C)(C)NC(C)(C)C3)n2)cnc1OC(C)C. The van der Waals surface area contributed by atoms with Crippen molar-refractivity contribution in [3.05, 3.63) is 30.1 Å². The molecule has 11 nitrogen and oxygen atoms in total. The molecule has 188 valence electrons. The highest BCUT2D eigenvalue weighted by Crippen LogP contribution is 2.31. The Morgan fingerprint density at radius 3 is 2.49 bits per heavy atom. The number of tetrazole rings is 1. The number of piperidine rings is 1. The molecule has 0 atom stereocenters. The molecule has 4 rings (SSSR count). The number of aryl methyl sites for hydroxylation is 1. The Bertz CT molecular complexity index is 1180. The molecule has 3 N–H and O–H groups in total. The normalized spacial score (nSPS) is 17.4. The second-order valence-electron chi connectivity index (χ2n) is 10.5. The Balaban J connectivity index is 1.58. The van der Waals surface area contributed by atoms with Gasteiger partial charge in [-0.3, -0.25) is 0 Å². The maximum Gasteiger partial charge on any atom is 0.240 e. The van der Waals surface area contributed by atoms with E-state index in [-0.39, 0.29) is 35.0 Å². The van der Waals surface area contributed by atoms with Crippen LogP contribution in [0.25, 0.3) is 5.69 Å². The molecule has 0 bridgehead atoms. The summed E-state index contributed by atoms with van der Waals surface area (Å²) in [5.41, 5.74) is 0.971. The van der Waals surface area contributed by atoms with Crippen LogP contribution in [0.4, 0.5) is 21.8 Å². The van der Waals surface area contributed by atoms with Gasteiger partial charge in [0.1, 0.15) is 5.69 Å². The quantitative estimate of drug-likeness (QED) is 0.458. The van der Waals surface area contributed by atoms with Crippen molar-refractivity contribution in [2.75, 3.05) is 10.6 Å². The van der Waals surface area contributed by atoms with Crippen LogP contribution >= 0.6 is 0 Å². The molecule has 1 fully saturated rings. The second kappa shape index (κ2) is 9.33. The lowest BCUT2D eigenvalue weighted by Gasteiger charge is -2.46. The van der Waals surface area contributed by atoms with E-state index in [1.807, 2.05) is 13.8 Å². The Morgan fingerprint density at radius 1 is 1.14 bits per heavy atom. The van der Waals surface area contributed by atoms with Crippen LogP contribution < -0.4 is 20.7 Å². The molecule has 0 aromatic carbocycles. The number of aromatic nitrogens is 7. The van der Waals surface area contributed by atoms with Gasteiger partial charge in [0.2, 0.25) is 11.8 Å². The van der Waals surface area contributed by atoms with Crippen LogP contribution in [0, 0.1) is 12.7 Å². The fourth-order valence-electron chi connectivity index (χ4n) is 4.70. The zero-order valence-electron chi connectivity index (χ0n) is 21.2. The molecule has 3 aromatic heterocycles. The standard InChI is InChI=1S/C23H33FN10O/c1-13(2)35-20-18(34-14(3)30-32-33-34)8-15(11-25-20)28-21-26-12-17(24)19(29-21)27-16-9-22(4,5)31-23(6,7)10-16/h8,11-13,16,31H,9-10H2,1-7H3,(H2,26,27,28,29). The molecule has 3 aromatic rings. The van der Waals surface area contributed by atoms with Crippen molar-refractivity contribution in [3.8, 4) is 11.6 Å². The van der Waals surface area contributed by atoms with Crippen LogP contribution in [0.5, 0.6) is 5.88 Å². The lowest BCUT2D eigenvalue weighted by Crippen LogP contribution is -2.60. The van der Waals surface area contributed by atoms with Gasteiger partial charge in [-0.25, -0.2) is 14.4 Å². The fraction of sp³-hybridized carbons (Fsp3) is 0.565. The van der Waals surface area contributed by atoms with E-state index < -0.39 is 5.82 Å². The number of halogens is 1. The van der Waals surface area contributed by atoms with E-state index in [0.29, 0.717) is 23.1 Å². The van der Waals surface area contributed by atoms with Crippen LogP contribution in [0.2, 0.25) is 0 Å². The summed E-state index contributed by atoms with van der Waals surface area (Å²) in [7, 11) is 0. The predicted molar refractivity (Wildman–Crippen MR) is 131 cm³/mol. The molecule has 1 aliphatic rings. The van der Waals surface area contributed by atoms with Crippen molar-refractivity contribution < 1.29 is 9.13 Å². The molecule has 4 heterocycles. The fourth-order valence-corrected chi connectivity index (χ4v) is 4.70. The third-order valence-electron chi connectivity index (χ3n) is 5.56. The van der Waals surface area contributed by atoms with Gasteiger partial charge in [-0.2, -0.15) is 9.67 Å². The van der Waals surface area contributed by atoms with Crippen molar-refractivity contribution in [1.82, 2.24) is 40.5 Å². The average Bonchev–Trinajstić information content (AvgIpc) is 3.14. The summed E-state index contributed by atoms with van der Waals surface area (Å²) in [6, 6.07) is 1.84. The van der Waals surface area contributed by atoms with E-state index in [1.165, 1.54) is 4.68 Å². The number of rotatable bonds is 7. The summed E-state index contributed by atoms with van der Waals surface area (Å²) in [6.45, 7) is 14.2. The second-order valence-corrected chi connectivity index (χ2v) is 10.5. The maximum absolute atomic E-state index is 14.6. The van der Waals surface area contributed by atoms with Gasteiger partial charge in [-0.1, -0.05) is 0 Å². The Labute approximate surface area is 204 Å². The van der Waals surface area contributed by atoms with Gasteiger partial charge in [0.05, 0.1) is 24.2 Å². The monoisotopic (exact) mass is 484 g/mol. The number of anilines is 3. The van der Waals surface area contributed by atoms with Crippen LogP contribution in [0.1, 0.15) is 60.2 Å². The molecule has 0 saturated carbocycles. The molecule has 0 amide bonds. The third kappa shape index (κ3) is 5.99. The molecule has 35 heavy (non-hydrogen) atoms. The largest absolute Gasteiger partial charge is 0.473 e. The van der Waals surface area contributed by atoms with E-state index in [1.54, 1.807) is 19.2 Å².